The number of carbonyl (C=O) groups is 2. The Hall–Kier alpha value is -4.00. The van der Waals surface area contributed by atoms with Gasteiger partial charge in [0.2, 0.25) is 0 Å². The summed E-state index contributed by atoms with van der Waals surface area (Å²) in [6.07, 6.45) is 0.609. The van der Waals surface area contributed by atoms with E-state index in [1.165, 1.54) is 0 Å². The van der Waals surface area contributed by atoms with E-state index in [1.54, 1.807) is 19.1 Å². The van der Waals surface area contributed by atoms with Crippen LogP contribution in [0, 0.1) is 13.8 Å². The Morgan fingerprint density at radius 1 is 0.833 bits per heavy atom. The summed E-state index contributed by atoms with van der Waals surface area (Å²) in [7, 11) is 2.05. The number of rotatable bonds is 8. The van der Waals surface area contributed by atoms with Crippen molar-refractivity contribution in [3.8, 4) is 11.1 Å². The van der Waals surface area contributed by atoms with Crippen LogP contribution in [-0.2, 0) is 4.74 Å². The second-order valence-corrected chi connectivity index (χ2v) is 11.2. The lowest BCUT2D eigenvalue weighted by molar-refractivity contribution is 0.0495. The van der Waals surface area contributed by atoms with Crippen LogP contribution in [0.4, 0.5) is 0 Å². The molecule has 0 N–H and O–H groups in total. The maximum absolute atomic E-state index is 14.0. The average molecular weight is 582 g/mol. The number of aromatic nitrogens is 1. The normalized spacial score (nSPS) is 13.8. The van der Waals surface area contributed by atoms with E-state index in [0.717, 1.165) is 24.2 Å². The summed E-state index contributed by atoms with van der Waals surface area (Å²) in [5, 5.41) is 0.519. The number of pyridine rings is 1. The first kappa shape index (κ1) is 29.5. The number of nitrogens with zero attached hydrogens (tertiary/aromatic N) is 3. The summed E-state index contributed by atoms with van der Waals surface area (Å²) in [4.78, 5) is 36.6. The molecule has 1 fully saturated rings. The van der Waals surface area contributed by atoms with Crippen LogP contribution >= 0.6 is 11.6 Å². The summed E-state index contributed by atoms with van der Waals surface area (Å²) in [6.45, 7) is 6.61. The smallest absolute Gasteiger partial charge is 0.340 e. The molecule has 216 valence electrons. The molecule has 0 aliphatic carbocycles. The van der Waals surface area contributed by atoms with Gasteiger partial charge in [0.25, 0.3) is 5.91 Å². The first-order valence-electron chi connectivity index (χ1n) is 14.4. The zero-order valence-corrected chi connectivity index (χ0v) is 25.1. The molecule has 0 saturated carbocycles. The van der Waals surface area contributed by atoms with Gasteiger partial charge in [0.05, 0.1) is 29.1 Å². The molecule has 1 aliphatic heterocycles. The van der Waals surface area contributed by atoms with Crippen molar-refractivity contribution < 1.29 is 14.3 Å². The molecule has 42 heavy (non-hydrogen) atoms. The SMILES string of the molecule is Cc1nc(C)c(C(=O)N2CCN(C)CC2)c(-c2cccc(Cl)c2)c1C(=O)OCCC(c1ccccc1)c1ccccc1. The Labute approximate surface area is 252 Å². The first-order valence-corrected chi connectivity index (χ1v) is 14.7. The van der Waals surface area contributed by atoms with Gasteiger partial charge in [0.1, 0.15) is 0 Å². The number of likely N-dealkylation sites (N-methyl/N-ethyl adjacent to an activating group) is 1. The van der Waals surface area contributed by atoms with E-state index >= 15 is 0 Å². The van der Waals surface area contributed by atoms with Crippen molar-refractivity contribution in [3.05, 3.63) is 124 Å². The molecular formula is C35H36ClN3O3. The van der Waals surface area contributed by atoms with E-state index in [2.05, 4.69) is 34.1 Å². The number of aryl methyl sites for hydroxylation is 2. The minimum atomic E-state index is -0.498. The predicted molar refractivity (Wildman–Crippen MR) is 167 cm³/mol. The highest BCUT2D eigenvalue weighted by molar-refractivity contribution is 6.31. The third kappa shape index (κ3) is 6.56. The predicted octanol–water partition coefficient (Wildman–Crippen LogP) is 6.79. The molecule has 1 amide bonds. The highest BCUT2D eigenvalue weighted by Crippen LogP contribution is 2.35. The molecule has 4 aromatic rings. The van der Waals surface area contributed by atoms with Gasteiger partial charge in [-0.1, -0.05) is 84.4 Å². The van der Waals surface area contributed by atoms with Crippen LogP contribution in [0.5, 0.6) is 0 Å². The van der Waals surface area contributed by atoms with Crippen molar-refractivity contribution in [1.29, 1.82) is 0 Å². The van der Waals surface area contributed by atoms with Crippen LogP contribution in [0.3, 0.4) is 0 Å². The fraction of sp³-hybridized carbons (Fsp3) is 0.286. The molecule has 0 bridgehead atoms. The largest absolute Gasteiger partial charge is 0.462 e. The molecule has 7 heteroatoms. The number of carbonyl (C=O) groups excluding carboxylic acids is 2. The van der Waals surface area contributed by atoms with Crippen LogP contribution in [0.2, 0.25) is 5.02 Å². The van der Waals surface area contributed by atoms with E-state index in [0.29, 0.717) is 58.2 Å². The lowest BCUT2D eigenvalue weighted by Crippen LogP contribution is -2.47. The summed E-state index contributed by atoms with van der Waals surface area (Å²) >= 11 is 6.41. The van der Waals surface area contributed by atoms with Crippen molar-refractivity contribution in [3.63, 3.8) is 0 Å². The first-order chi connectivity index (χ1) is 20.3. The van der Waals surface area contributed by atoms with Gasteiger partial charge < -0.3 is 14.5 Å². The Balaban J connectivity index is 1.48. The van der Waals surface area contributed by atoms with Crippen LogP contribution in [0.15, 0.2) is 84.9 Å². The standard InChI is InChI=1S/C35H36ClN3O3/c1-24-31(34(40)39-20-18-38(3)19-21-39)33(28-15-10-16-29(36)23-28)32(25(2)37-24)35(41)42-22-17-30(26-11-6-4-7-12-26)27-13-8-5-9-14-27/h4-16,23,30H,17-22H2,1-3H3. The Bertz CT molecular complexity index is 1510. The second-order valence-electron chi connectivity index (χ2n) is 10.8. The minimum Gasteiger partial charge on any atom is -0.462 e. The van der Waals surface area contributed by atoms with Gasteiger partial charge in [-0.05, 0) is 56.1 Å². The molecule has 0 unspecified atom stereocenters. The molecule has 0 spiro atoms. The number of amides is 1. The number of esters is 1. The van der Waals surface area contributed by atoms with Gasteiger partial charge in [0, 0.05) is 42.7 Å². The quantitative estimate of drug-likeness (QED) is 0.215. The van der Waals surface area contributed by atoms with Gasteiger partial charge in [-0.15, -0.1) is 0 Å². The Morgan fingerprint density at radius 3 is 2.02 bits per heavy atom. The van der Waals surface area contributed by atoms with Crippen molar-refractivity contribution in [2.75, 3.05) is 39.8 Å². The summed E-state index contributed by atoms with van der Waals surface area (Å²) in [5.74, 6) is -0.563. The van der Waals surface area contributed by atoms with Crippen molar-refractivity contribution >= 4 is 23.5 Å². The van der Waals surface area contributed by atoms with Crippen molar-refractivity contribution in [2.24, 2.45) is 0 Å². The molecule has 3 aromatic carbocycles. The number of hydrogen-bond donors (Lipinski definition) is 0. The second kappa shape index (κ2) is 13.3. The number of benzene rings is 3. The maximum atomic E-state index is 14.0. The topological polar surface area (TPSA) is 62.7 Å². The molecule has 6 nitrogen and oxygen atoms in total. The fourth-order valence-corrected chi connectivity index (χ4v) is 5.89. The average Bonchev–Trinajstić information content (AvgIpc) is 3.00. The monoisotopic (exact) mass is 581 g/mol. The highest BCUT2D eigenvalue weighted by Gasteiger charge is 2.31. The van der Waals surface area contributed by atoms with Crippen LogP contribution < -0.4 is 0 Å². The number of ether oxygens (including phenoxy) is 1. The van der Waals surface area contributed by atoms with E-state index in [-0.39, 0.29) is 18.4 Å². The lowest BCUT2D eigenvalue weighted by atomic mass is 9.89. The van der Waals surface area contributed by atoms with Gasteiger partial charge in [-0.2, -0.15) is 0 Å². The summed E-state index contributed by atoms with van der Waals surface area (Å²) in [5.41, 5.74) is 5.36. The van der Waals surface area contributed by atoms with Crippen molar-refractivity contribution in [2.45, 2.75) is 26.2 Å². The lowest BCUT2D eigenvalue weighted by Gasteiger charge is -2.33. The molecular weight excluding hydrogens is 546 g/mol. The molecule has 0 atom stereocenters. The molecule has 1 aliphatic rings. The van der Waals surface area contributed by atoms with Gasteiger partial charge >= 0.3 is 5.97 Å². The zero-order valence-electron chi connectivity index (χ0n) is 24.3. The molecule has 2 heterocycles. The molecule has 5 rings (SSSR count). The van der Waals surface area contributed by atoms with Crippen LogP contribution in [0.25, 0.3) is 11.1 Å². The summed E-state index contributed by atoms with van der Waals surface area (Å²) < 4.78 is 5.97. The summed E-state index contributed by atoms with van der Waals surface area (Å²) in [6, 6.07) is 27.7. The van der Waals surface area contributed by atoms with E-state index in [1.807, 2.05) is 67.4 Å². The van der Waals surface area contributed by atoms with Gasteiger partial charge in [0.15, 0.2) is 0 Å². The van der Waals surface area contributed by atoms with Crippen LogP contribution in [0.1, 0.15) is 55.6 Å². The maximum Gasteiger partial charge on any atom is 0.340 e. The Morgan fingerprint density at radius 2 is 1.43 bits per heavy atom. The van der Waals surface area contributed by atoms with Crippen LogP contribution in [-0.4, -0.2) is 66.5 Å². The fourth-order valence-electron chi connectivity index (χ4n) is 5.70. The van der Waals surface area contributed by atoms with Crippen molar-refractivity contribution in [1.82, 2.24) is 14.8 Å². The third-order valence-electron chi connectivity index (χ3n) is 7.92. The molecule has 1 saturated heterocycles. The highest BCUT2D eigenvalue weighted by atomic mass is 35.5. The number of halogens is 1. The number of hydrogen-bond acceptors (Lipinski definition) is 5. The van der Waals surface area contributed by atoms with Gasteiger partial charge in [-0.25, -0.2) is 4.79 Å². The van der Waals surface area contributed by atoms with E-state index in [9.17, 15) is 9.59 Å². The third-order valence-corrected chi connectivity index (χ3v) is 8.16. The number of piperazine rings is 1. The zero-order chi connectivity index (χ0) is 29.6. The molecule has 1 aromatic heterocycles. The molecule has 0 radical (unpaired) electrons. The Kier molecular flexibility index (Phi) is 9.35. The van der Waals surface area contributed by atoms with Gasteiger partial charge in [-0.3, -0.25) is 9.78 Å². The minimum absolute atomic E-state index is 0.0687. The van der Waals surface area contributed by atoms with E-state index in [4.69, 9.17) is 16.3 Å². The van der Waals surface area contributed by atoms with E-state index < -0.39 is 5.97 Å².